The molecule has 1 rings (SSSR count). The second-order valence-corrected chi connectivity index (χ2v) is 6.35. The van der Waals surface area contributed by atoms with E-state index in [4.69, 9.17) is 0 Å². The Bertz CT molecular complexity index is 191. The van der Waals surface area contributed by atoms with Gasteiger partial charge in [0, 0.05) is 12.3 Å². The Labute approximate surface area is 67.1 Å². The zero-order chi connectivity index (χ0) is 8.32. The number of hydrogen-bond acceptors (Lipinski definition) is 1. The number of hydrogen-bond donors (Lipinski definition) is 0. The van der Waals surface area contributed by atoms with Crippen molar-refractivity contribution in [2.24, 2.45) is 0 Å². The molecule has 1 aliphatic heterocycles. The van der Waals surface area contributed by atoms with Crippen LogP contribution in [0, 0.1) is 0 Å². The molecule has 0 aromatic rings. The van der Waals surface area contributed by atoms with Crippen molar-refractivity contribution in [3.8, 4) is 0 Å². The smallest absolute Gasteiger partial charge is 0.153 e. The second-order valence-electron chi connectivity index (χ2n) is 3.08. The van der Waals surface area contributed by atoms with E-state index in [1.807, 2.05) is 0 Å². The first-order valence-electron chi connectivity index (χ1n) is 4.02. The lowest BCUT2D eigenvalue weighted by molar-refractivity contribution is 0.375. The van der Waals surface area contributed by atoms with Crippen molar-refractivity contribution in [3.63, 3.8) is 0 Å². The molecule has 0 amide bonds. The number of halogens is 1. The highest BCUT2D eigenvalue weighted by Crippen LogP contribution is 2.56. The summed E-state index contributed by atoms with van der Waals surface area (Å²) in [5, 5.41) is 0. The van der Waals surface area contributed by atoms with E-state index in [0.29, 0.717) is 18.7 Å². The van der Waals surface area contributed by atoms with Crippen LogP contribution in [0.4, 0.5) is 4.39 Å². The molecule has 0 spiro atoms. The maximum Gasteiger partial charge on any atom is 0.153 e. The maximum absolute atomic E-state index is 13.1. The quantitative estimate of drug-likeness (QED) is 0.467. The van der Waals surface area contributed by atoms with Crippen molar-refractivity contribution in [2.75, 3.05) is 12.3 Å². The molecule has 0 aliphatic carbocycles. The third kappa shape index (κ3) is 1.93. The summed E-state index contributed by atoms with van der Waals surface area (Å²) in [7, 11) is -2.49. The third-order valence-corrected chi connectivity index (χ3v) is 5.41. The van der Waals surface area contributed by atoms with Crippen molar-refractivity contribution in [1.82, 2.24) is 0 Å². The van der Waals surface area contributed by atoms with Crippen LogP contribution in [0.15, 0.2) is 12.7 Å². The molecule has 0 aromatic carbocycles. The van der Waals surface area contributed by atoms with Crippen LogP contribution in [0.5, 0.6) is 0 Å². The van der Waals surface area contributed by atoms with Crippen LogP contribution in [0.2, 0.25) is 0 Å². The van der Waals surface area contributed by atoms with E-state index in [1.165, 1.54) is 0 Å². The molecule has 0 saturated carbocycles. The molecular formula is C8H14FOP. The Morgan fingerprint density at radius 2 is 2.36 bits per heavy atom. The molecular weight excluding hydrogens is 162 g/mol. The minimum Gasteiger partial charge on any atom is -0.320 e. The van der Waals surface area contributed by atoms with Gasteiger partial charge in [-0.3, -0.25) is 0 Å². The van der Waals surface area contributed by atoms with Gasteiger partial charge in [-0.1, -0.05) is 6.08 Å². The molecule has 11 heavy (non-hydrogen) atoms. The van der Waals surface area contributed by atoms with E-state index in [-0.39, 0.29) is 0 Å². The number of alkyl halides is 1. The van der Waals surface area contributed by atoms with Gasteiger partial charge in [0.25, 0.3) is 0 Å². The highest BCUT2D eigenvalue weighted by Gasteiger charge is 2.33. The predicted molar refractivity (Wildman–Crippen MR) is 46.3 cm³/mol. The van der Waals surface area contributed by atoms with Crippen molar-refractivity contribution >= 4 is 7.14 Å². The zero-order valence-electron chi connectivity index (χ0n) is 6.63. The van der Waals surface area contributed by atoms with Crippen LogP contribution in [-0.4, -0.2) is 18.2 Å². The van der Waals surface area contributed by atoms with Gasteiger partial charge in [-0.2, -0.15) is 0 Å². The van der Waals surface area contributed by atoms with Crippen LogP contribution in [0.25, 0.3) is 0 Å². The summed E-state index contributed by atoms with van der Waals surface area (Å²) in [5.74, 6) is -1.05. The van der Waals surface area contributed by atoms with E-state index in [2.05, 4.69) is 6.58 Å². The molecule has 1 heterocycles. The van der Waals surface area contributed by atoms with Gasteiger partial charge in [-0.15, -0.1) is 6.58 Å². The second kappa shape index (κ2) is 3.53. The monoisotopic (exact) mass is 176 g/mol. The van der Waals surface area contributed by atoms with Gasteiger partial charge in [0.2, 0.25) is 0 Å². The van der Waals surface area contributed by atoms with Crippen LogP contribution >= 0.6 is 7.14 Å². The molecule has 64 valence electrons. The van der Waals surface area contributed by atoms with E-state index in [9.17, 15) is 8.96 Å². The molecule has 2 unspecified atom stereocenters. The first-order valence-corrected chi connectivity index (χ1v) is 6.16. The van der Waals surface area contributed by atoms with E-state index >= 15 is 0 Å². The lowest BCUT2D eigenvalue weighted by Gasteiger charge is -2.25. The summed E-state index contributed by atoms with van der Waals surface area (Å²) in [6.07, 6.45) is 4.85. The average Bonchev–Trinajstić information content (AvgIpc) is 1.96. The highest BCUT2D eigenvalue weighted by atomic mass is 31.2. The summed E-state index contributed by atoms with van der Waals surface area (Å²) >= 11 is 0. The predicted octanol–water partition coefficient (Wildman–Crippen LogP) is 3.02. The Morgan fingerprint density at radius 3 is 2.91 bits per heavy atom. The lowest BCUT2D eigenvalue weighted by atomic mass is 10.3. The van der Waals surface area contributed by atoms with Gasteiger partial charge in [0.05, 0.1) is 0 Å². The Balaban J connectivity index is 2.64. The summed E-state index contributed by atoms with van der Waals surface area (Å²) in [5.41, 5.74) is 0. The molecule has 1 aliphatic rings. The fourth-order valence-corrected chi connectivity index (χ4v) is 4.03. The van der Waals surface area contributed by atoms with Gasteiger partial charge in [0.15, 0.2) is 5.91 Å². The molecule has 1 fully saturated rings. The largest absolute Gasteiger partial charge is 0.320 e. The fourth-order valence-electron chi connectivity index (χ4n) is 1.49. The first-order chi connectivity index (χ1) is 5.19. The SMILES string of the molecule is C=CCP1(=O)CCCCC1F. The van der Waals surface area contributed by atoms with E-state index < -0.39 is 13.1 Å². The Morgan fingerprint density at radius 1 is 1.64 bits per heavy atom. The van der Waals surface area contributed by atoms with Crippen molar-refractivity contribution < 1.29 is 8.96 Å². The normalized spacial score (nSPS) is 38.5. The summed E-state index contributed by atoms with van der Waals surface area (Å²) in [6.45, 7) is 3.50. The minimum absolute atomic E-state index is 0.383. The molecule has 2 atom stereocenters. The molecule has 1 nitrogen and oxygen atoms in total. The standard InChI is InChI=1S/C8H14FOP/c1-2-6-11(10)7-4-3-5-8(11)9/h2,8H,1,3-7H2. The number of allylic oxidation sites excluding steroid dienone is 1. The van der Waals surface area contributed by atoms with Crippen LogP contribution in [0.3, 0.4) is 0 Å². The first kappa shape index (κ1) is 8.99. The third-order valence-electron chi connectivity index (χ3n) is 2.18. The van der Waals surface area contributed by atoms with Gasteiger partial charge in [0.1, 0.15) is 7.14 Å². The summed E-state index contributed by atoms with van der Waals surface area (Å²) < 4.78 is 24.8. The van der Waals surface area contributed by atoms with Gasteiger partial charge in [-0.25, -0.2) is 4.39 Å². The van der Waals surface area contributed by atoms with Crippen LogP contribution < -0.4 is 0 Å². The average molecular weight is 176 g/mol. The highest BCUT2D eigenvalue weighted by molar-refractivity contribution is 7.64. The minimum atomic E-state index is -2.49. The molecule has 3 heteroatoms. The Hall–Kier alpha value is -0.100. The maximum atomic E-state index is 13.1. The molecule has 0 radical (unpaired) electrons. The zero-order valence-corrected chi connectivity index (χ0v) is 7.53. The van der Waals surface area contributed by atoms with Crippen LogP contribution in [-0.2, 0) is 4.57 Å². The van der Waals surface area contributed by atoms with Gasteiger partial charge >= 0.3 is 0 Å². The Kier molecular flexibility index (Phi) is 2.89. The van der Waals surface area contributed by atoms with Gasteiger partial charge < -0.3 is 4.57 Å². The molecule has 0 bridgehead atoms. The summed E-state index contributed by atoms with van der Waals surface area (Å²) in [6, 6.07) is 0. The van der Waals surface area contributed by atoms with Crippen molar-refractivity contribution in [1.29, 1.82) is 0 Å². The summed E-state index contributed by atoms with van der Waals surface area (Å²) in [4.78, 5) is 0. The van der Waals surface area contributed by atoms with Gasteiger partial charge in [-0.05, 0) is 19.3 Å². The molecule has 0 N–H and O–H groups in total. The van der Waals surface area contributed by atoms with E-state index in [1.54, 1.807) is 6.08 Å². The number of rotatable bonds is 2. The lowest BCUT2D eigenvalue weighted by Crippen LogP contribution is -2.13. The van der Waals surface area contributed by atoms with Crippen molar-refractivity contribution in [3.05, 3.63) is 12.7 Å². The molecule has 0 aromatic heterocycles. The van der Waals surface area contributed by atoms with Crippen molar-refractivity contribution in [2.45, 2.75) is 25.2 Å². The van der Waals surface area contributed by atoms with Crippen LogP contribution in [0.1, 0.15) is 19.3 Å². The molecule has 1 saturated heterocycles. The fraction of sp³-hybridized carbons (Fsp3) is 0.750. The topological polar surface area (TPSA) is 17.1 Å². The van der Waals surface area contributed by atoms with E-state index in [0.717, 1.165) is 12.8 Å².